The van der Waals surface area contributed by atoms with Crippen LogP contribution in [0, 0.1) is 11.8 Å². The topological polar surface area (TPSA) is 41.9 Å². The average Bonchev–Trinajstić information content (AvgIpc) is 2.98. The van der Waals surface area contributed by atoms with Crippen LogP contribution in [0.25, 0.3) is 0 Å². The van der Waals surface area contributed by atoms with E-state index >= 15 is 0 Å². The molecule has 0 aliphatic heterocycles. The lowest BCUT2D eigenvalue weighted by Crippen LogP contribution is -2.42. The molecule has 27 heavy (non-hydrogen) atoms. The number of methoxy groups -OCH3 is 2. The van der Waals surface area contributed by atoms with Crippen LogP contribution in [0.2, 0.25) is 0 Å². The van der Waals surface area contributed by atoms with Crippen molar-refractivity contribution in [3.05, 3.63) is 59.7 Å². The molecule has 0 saturated heterocycles. The minimum Gasteiger partial charge on any atom is -0.497 e. The highest BCUT2D eigenvalue weighted by atomic mass is 16.5. The molecule has 1 aliphatic rings. The second kappa shape index (κ2) is 8.32. The van der Waals surface area contributed by atoms with Crippen molar-refractivity contribution in [2.45, 2.75) is 24.9 Å². The van der Waals surface area contributed by atoms with E-state index in [1.54, 1.807) is 14.2 Å². The van der Waals surface area contributed by atoms with E-state index in [2.05, 4.69) is 31.1 Å². The highest BCUT2D eigenvalue weighted by Crippen LogP contribution is 2.51. The van der Waals surface area contributed by atoms with Gasteiger partial charge in [-0.15, -0.1) is 0 Å². The van der Waals surface area contributed by atoms with Crippen molar-refractivity contribution in [3.8, 4) is 11.5 Å². The van der Waals surface area contributed by atoms with Crippen LogP contribution in [0.5, 0.6) is 11.5 Å². The zero-order valence-electron chi connectivity index (χ0n) is 16.8. The van der Waals surface area contributed by atoms with Gasteiger partial charge in [0.25, 0.3) is 0 Å². The Balaban J connectivity index is 1.99. The van der Waals surface area contributed by atoms with Gasteiger partial charge in [0.05, 0.1) is 14.2 Å². The predicted octanol–water partition coefficient (Wildman–Crippen LogP) is 3.72. The van der Waals surface area contributed by atoms with Gasteiger partial charge in [0, 0.05) is 18.0 Å². The molecule has 3 atom stereocenters. The lowest BCUT2D eigenvalue weighted by atomic mass is 9.75. The Labute approximate surface area is 162 Å². The smallest absolute Gasteiger partial charge is 0.124 e. The summed E-state index contributed by atoms with van der Waals surface area (Å²) in [6.45, 7) is 0.850. The third-order valence-electron chi connectivity index (χ3n) is 5.85. The van der Waals surface area contributed by atoms with E-state index in [4.69, 9.17) is 9.47 Å². The summed E-state index contributed by atoms with van der Waals surface area (Å²) < 4.78 is 11.0. The Morgan fingerprint density at radius 2 is 1.74 bits per heavy atom. The van der Waals surface area contributed by atoms with Crippen LogP contribution in [0.1, 0.15) is 24.0 Å². The molecule has 3 unspecified atom stereocenters. The number of rotatable bonds is 7. The molecule has 4 nitrogen and oxygen atoms in total. The molecule has 4 heteroatoms. The SMILES string of the molecule is COc1cccc(CC2CCC(CN(C)C)C2(O)c2ccccc2OC)c1. The lowest BCUT2D eigenvalue weighted by Gasteiger charge is -2.38. The first-order chi connectivity index (χ1) is 13.0. The van der Waals surface area contributed by atoms with E-state index in [0.29, 0.717) is 0 Å². The molecule has 0 spiro atoms. The number of para-hydroxylation sites is 1. The summed E-state index contributed by atoms with van der Waals surface area (Å²) in [5.41, 5.74) is 1.18. The van der Waals surface area contributed by atoms with Gasteiger partial charge in [-0.2, -0.15) is 0 Å². The molecule has 3 rings (SSSR count). The molecule has 146 valence electrons. The van der Waals surface area contributed by atoms with Crippen LogP contribution in [0.4, 0.5) is 0 Å². The predicted molar refractivity (Wildman–Crippen MR) is 108 cm³/mol. The van der Waals surface area contributed by atoms with Crippen LogP contribution in [0.3, 0.4) is 0 Å². The molecule has 1 N–H and O–H groups in total. The van der Waals surface area contributed by atoms with Crippen molar-refractivity contribution < 1.29 is 14.6 Å². The molecular weight excluding hydrogens is 338 g/mol. The fraction of sp³-hybridized carbons (Fsp3) is 0.478. The van der Waals surface area contributed by atoms with Crippen molar-refractivity contribution in [2.75, 3.05) is 34.9 Å². The zero-order valence-corrected chi connectivity index (χ0v) is 16.8. The molecular formula is C23H31NO3. The van der Waals surface area contributed by atoms with Crippen LogP contribution in [0.15, 0.2) is 48.5 Å². The fourth-order valence-corrected chi connectivity index (χ4v) is 4.60. The summed E-state index contributed by atoms with van der Waals surface area (Å²) in [6.07, 6.45) is 2.81. The number of nitrogens with zero attached hydrogens (tertiary/aromatic N) is 1. The monoisotopic (exact) mass is 369 g/mol. The first-order valence-corrected chi connectivity index (χ1v) is 9.62. The maximum Gasteiger partial charge on any atom is 0.124 e. The van der Waals surface area contributed by atoms with Crippen molar-refractivity contribution in [1.82, 2.24) is 4.90 Å². The number of hydrogen-bond acceptors (Lipinski definition) is 4. The van der Waals surface area contributed by atoms with Crippen molar-refractivity contribution in [1.29, 1.82) is 0 Å². The largest absolute Gasteiger partial charge is 0.497 e. The Morgan fingerprint density at radius 1 is 1.00 bits per heavy atom. The van der Waals surface area contributed by atoms with Crippen LogP contribution in [-0.2, 0) is 12.0 Å². The average molecular weight is 370 g/mol. The zero-order chi connectivity index (χ0) is 19.4. The van der Waals surface area contributed by atoms with Gasteiger partial charge in [-0.3, -0.25) is 0 Å². The van der Waals surface area contributed by atoms with Gasteiger partial charge in [-0.25, -0.2) is 0 Å². The van der Waals surface area contributed by atoms with Gasteiger partial charge < -0.3 is 19.5 Å². The maximum absolute atomic E-state index is 12.1. The first-order valence-electron chi connectivity index (χ1n) is 9.62. The molecule has 0 radical (unpaired) electrons. The standard InChI is InChI=1S/C23H31NO3/c1-24(2)16-19-13-12-18(14-17-8-7-9-20(15-17)26-3)23(19,25)21-10-5-6-11-22(21)27-4/h5-11,15,18-19,25H,12-14,16H2,1-4H3. The summed E-state index contributed by atoms with van der Waals surface area (Å²) in [6, 6.07) is 16.1. The van der Waals surface area contributed by atoms with Gasteiger partial charge >= 0.3 is 0 Å². The summed E-state index contributed by atoms with van der Waals surface area (Å²) in [5.74, 6) is 1.92. The highest BCUT2D eigenvalue weighted by Gasteiger charge is 2.51. The Hall–Kier alpha value is -2.04. The lowest BCUT2D eigenvalue weighted by molar-refractivity contribution is -0.0505. The quantitative estimate of drug-likeness (QED) is 0.808. The van der Waals surface area contributed by atoms with Gasteiger partial charge in [0.1, 0.15) is 17.1 Å². The third kappa shape index (κ3) is 3.97. The van der Waals surface area contributed by atoms with E-state index in [-0.39, 0.29) is 11.8 Å². The fourth-order valence-electron chi connectivity index (χ4n) is 4.60. The van der Waals surface area contributed by atoms with Crippen molar-refractivity contribution in [3.63, 3.8) is 0 Å². The molecule has 0 aromatic heterocycles. The summed E-state index contributed by atoms with van der Waals surface area (Å²) >= 11 is 0. The summed E-state index contributed by atoms with van der Waals surface area (Å²) in [7, 11) is 7.50. The molecule has 1 saturated carbocycles. The van der Waals surface area contributed by atoms with E-state index in [0.717, 1.165) is 42.9 Å². The maximum atomic E-state index is 12.1. The Kier molecular flexibility index (Phi) is 6.08. The molecule has 1 aliphatic carbocycles. The number of ether oxygens (including phenoxy) is 2. The highest BCUT2D eigenvalue weighted by molar-refractivity contribution is 5.40. The van der Waals surface area contributed by atoms with Gasteiger partial charge in [-0.1, -0.05) is 30.3 Å². The van der Waals surface area contributed by atoms with Crippen molar-refractivity contribution in [2.24, 2.45) is 11.8 Å². The summed E-state index contributed by atoms with van der Waals surface area (Å²) in [5, 5.41) is 12.1. The van der Waals surface area contributed by atoms with E-state index in [9.17, 15) is 5.11 Å². The number of hydrogen-bond donors (Lipinski definition) is 1. The van der Waals surface area contributed by atoms with E-state index in [1.807, 2.05) is 36.4 Å². The molecule has 2 aromatic rings. The number of aliphatic hydroxyl groups is 1. The van der Waals surface area contributed by atoms with Gasteiger partial charge in [0.15, 0.2) is 0 Å². The van der Waals surface area contributed by atoms with Crippen LogP contribution >= 0.6 is 0 Å². The second-order valence-electron chi connectivity index (χ2n) is 7.81. The van der Waals surface area contributed by atoms with E-state index in [1.165, 1.54) is 5.56 Å². The van der Waals surface area contributed by atoms with Crippen molar-refractivity contribution >= 4 is 0 Å². The number of benzene rings is 2. The third-order valence-corrected chi connectivity index (χ3v) is 5.85. The first kappa shape index (κ1) is 19.7. The van der Waals surface area contributed by atoms with Crippen LogP contribution in [-0.4, -0.2) is 44.9 Å². The molecule has 0 amide bonds. The molecule has 1 fully saturated rings. The Morgan fingerprint density at radius 3 is 2.44 bits per heavy atom. The molecule has 0 bridgehead atoms. The van der Waals surface area contributed by atoms with Gasteiger partial charge in [0.2, 0.25) is 0 Å². The second-order valence-corrected chi connectivity index (χ2v) is 7.81. The summed E-state index contributed by atoms with van der Waals surface area (Å²) in [4.78, 5) is 2.17. The molecule has 0 heterocycles. The van der Waals surface area contributed by atoms with Gasteiger partial charge in [-0.05, 0) is 63.0 Å². The molecule has 2 aromatic carbocycles. The van der Waals surface area contributed by atoms with E-state index < -0.39 is 5.60 Å². The Bertz CT molecular complexity index is 761. The normalized spacial score (nSPS) is 25.0. The minimum atomic E-state index is -0.917. The minimum absolute atomic E-state index is 0.130. The van der Waals surface area contributed by atoms with Crippen LogP contribution < -0.4 is 9.47 Å².